The van der Waals surface area contributed by atoms with Crippen molar-refractivity contribution in [2.45, 2.75) is 6.36 Å². The van der Waals surface area contributed by atoms with Crippen LogP contribution in [0.4, 0.5) is 24.9 Å². The van der Waals surface area contributed by atoms with Gasteiger partial charge < -0.3 is 25.7 Å². The van der Waals surface area contributed by atoms with Crippen LogP contribution >= 0.6 is 0 Å². The van der Waals surface area contributed by atoms with Crippen LogP contribution in [-0.2, 0) is 0 Å². The van der Waals surface area contributed by atoms with Crippen molar-refractivity contribution in [1.29, 1.82) is 0 Å². The number of nitrogens with two attached hydrogens (primary N) is 2. The topological polar surface area (TPSA) is 106 Å². The van der Waals surface area contributed by atoms with Gasteiger partial charge in [-0.15, -0.1) is 13.2 Å². The van der Waals surface area contributed by atoms with E-state index in [1.54, 1.807) is 18.2 Å². The molecule has 7 nitrogen and oxygen atoms in total. The van der Waals surface area contributed by atoms with Crippen molar-refractivity contribution >= 4 is 11.8 Å². The number of alkyl halides is 3. The summed E-state index contributed by atoms with van der Waals surface area (Å²) in [5, 5.41) is 0. The molecular weight excluding hydrogens is 377 g/mol. The van der Waals surface area contributed by atoms with Crippen molar-refractivity contribution < 1.29 is 27.4 Å². The molecule has 0 amide bonds. The van der Waals surface area contributed by atoms with E-state index in [0.29, 0.717) is 22.6 Å². The third-order valence-electron chi connectivity index (χ3n) is 3.60. The highest BCUT2D eigenvalue weighted by Gasteiger charge is 2.31. The molecule has 1 aromatic heterocycles. The number of methoxy groups -OCH3 is 1. The first-order valence-corrected chi connectivity index (χ1v) is 7.85. The van der Waals surface area contributed by atoms with Gasteiger partial charge in [0.05, 0.1) is 13.3 Å². The van der Waals surface area contributed by atoms with Crippen molar-refractivity contribution in [2.24, 2.45) is 0 Å². The first-order valence-electron chi connectivity index (χ1n) is 7.85. The number of ether oxygens (including phenoxy) is 3. The van der Waals surface area contributed by atoms with Crippen molar-refractivity contribution in [1.82, 2.24) is 9.97 Å². The standard InChI is InChI=1S/C18H15F3N4O3/c1-26-14-7-6-12(27-15-9-24-17(23)25-16(15)22)8-13(14)10-2-4-11(5-3-10)28-18(19,20)21/h2-9H,1H3,(H4,22,23,24,25). The van der Waals surface area contributed by atoms with Gasteiger partial charge in [0.1, 0.15) is 17.2 Å². The Bertz CT molecular complexity index is 979. The van der Waals surface area contributed by atoms with Crippen molar-refractivity contribution in [2.75, 3.05) is 18.6 Å². The van der Waals surface area contributed by atoms with Gasteiger partial charge >= 0.3 is 6.36 Å². The molecule has 146 valence electrons. The molecule has 0 aliphatic rings. The van der Waals surface area contributed by atoms with E-state index >= 15 is 0 Å². The fraction of sp³-hybridized carbons (Fsp3) is 0.111. The number of aromatic nitrogens is 2. The molecule has 0 fully saturated rings. The Morgan fingerprint density at radius 2 is 1.61 bits per heavy atom. The summed E-state index contributed by atoms with van der Waals surface area (Å²) < 4.78 is 51.8. The maximum atomic E-state index is 12.3. The molecule has 0 bridgehead atoms. The van der Waals surface area contributed by atoms with Crippen LogP contribution in [0.15, 0.2) is 48.7 Å². The molecule has 3 aromatic rings. The molecule has 3 rings (SSSR count). The molecule has 4 N–H and O–H groups in total. The average molecular weight is 392 g/mol. The molecule has 10 heteroatoms. The number of rotatable bonds is 5. The molecule has 0 unspecified atom stereocenters. The minimum Gasteiger partial charge on any atom is -0.496 e. The monoisotopic (exact) mass is 392 g/mol. The maximum absolute atomic E-state index is 12.3. The minimum atomic E-state index is -4.76. The fourth-order valence-corrected chi connectivity index (χ4v) is 2.42. The Labute approximate surface area is 157 Å². The van der Waals surface area contributed by atoms with E-state index in [4.69, 9.17) is 20.9 Å². The van der Waals surface area contributed by atoms with Gasteiger partial charge in [-0.1, -0.05) is 12.1 Å². The van der Waals surface area contributed by atoms with E-state index in [-0.39, 0.29) is 23.3 Å². The molecule has 0 radical (unpaired) electrons. The number of nitrogen functional groups attached to an aromatic ring is 2. The van der Waals surface area contributed by atoms with E-state index in [1.165, 1.54) is 37.6 Å². The van der Waals surface area contributed by atoms with Crippen LogP contribution in [-0.4, -0.2) is 23.4 Å². The summed E-state index contributed by atoms with van der Waals surface area (Å²) >= 11 is 0. The smallest absolute Gasteiger partial charge is 0.496 e. The Balaban J connectivity index is 1.91. The maximum Gasteiger partial charge on any atom is 0.573 e. The molecule has 0 spiro atoms. The van der Waals surface area contributed by atoms with Crippen molar-refractivity contribution in [3.8, 4) is 34.1 Å². The van der Waals surface area contributed by atoms with Gasteiger partial charge in [0, 0.05) is 5.56 Å². The molecule has 0 aliphatic carbocycles. The van der Waals surface area contributed by atoms with Crippen LogP contribution in [0.3, 0.4) is 0 Å². The number of benzene rings is 2. The second kappa shape index (κ2) is 7.51. The molecular formula is C18H15F3N4O3. The average Bonchev–Trinajstić information content (AvgIpc) is 2.63. The Hall–Kier alpha value is -3.69. The van der Waals surface area contributed by atoms with Crippen LogP contribution in [0.5, 0.6) is 23.0 Å². The lowest BCUT2D eigenvalue weighted by Gasteiger charge is -2.13. The predicted molar refractivity (Wildman–Crippen MR) is 96.0 cm³/mol. The van der Waals surface area contributed by atoms with Crippen LogP contribution in [0.1, 0.15) is 0 Å². The van der Waals surface area contributed by atoms with Gasteiger partial charge in [-0.05, 0) is 35.9 Å². The minimum absolute atomic E-state index is 0.0152. The Morgan fingerprint density at radius 1 is 0.929 bits per heavy atom. The third kappa shape index (κ3) is 4.53. The van der Waals surface area contributed by atoms with E-state index in [0.717, 1.165) is 0 Å². The summed E-state index contributed by atoms with van der Waals surface area (Å²) in [6, 6.07) is 10.3. The van der Waals surface area contributed by atoms with Crippen LogP contribution in [0.2, 0.25) is 0 Å². The quantitative estimate of drug-likeness (QED) is 0.676. The summed E-state index contributed by atoms with van der Waals surface area (Å²) in [5.41, 5.74) is 12.4. The zero-order chi connectivity index (χ0) is 20.3. The van der Waals surface area contributed by atoms with Gasteiger partial charge in [-0.3, -0.25) is 0 Å². The van der Waals surface area contributed by atoms with Gasteiger partial charge in [0.25, 0.3) is 0 Å². The number of hydrogen-bond acceptors (Lipinski definition) is 7. The zero-order valence-corrected chi connectivity index (χ0v) is 14.5. The lowest BCUT2D eigenvalue weighted by atomic mass is 10.0. The van der Waals surface area contributed by atoms with Gasteiger partial charge in [0.2, 0.25) is 5.95 Å². The molecule has 0 saturated heterocycles. The second-order valence-electron chi connectivity index (χ2n) is 5.51. The van der Waals surface area contributed by atoms with E-state index in [2.05, 4.69) is 14.7 Å². The molecule has 2 aromatic carbocycles. The lowest BCUT2D eigenvalue weighted by molar-refractivity contribution is -0.274. The molecule has 1 heterocycles. The van der Waals surface area contributed by atoms with Crippen LogP contribution in [0.25, 0.3) is 11.1 Å². The highest BCUT2D eigenvalue weighted by Crippen LogP contribution is 2.36. The van der Waals surface area contributed by atoms with E-state index < -0.39 is 6.36 Å². The molecule has 0 saturated carbocycles. The third-order valence-corrected chi connectivity index (χ3v) is 3.60. The Kier molecular flexibility index (Phi) is 5.12. The Morgan fingerprint density at radius 3 is 2.21 bits per heavy atom. The van der Waals surface area contributed by atoms with Crippen LogP contribution < -0.4 is 25.7 Å². The largest absolute Gasteiger partial charge is 0.573 e. The summed E-state index contributed by atoms with van der Waals surface area (Å²) in [5.74, 6) is 0.860. The highest BCUT2D eigenvalue weighted by molar-refractivity contribution is 5.72. The van der Waals surface area contributed by atoms with E-state index in [1.807, 2.05) is 0 Å². The SMILES string of the molecule is COc1ccc(Oc2cnc(N)nc2N)cc1-c1ccc(OC(F)(F)F)cc1. The van der Waals surface area contributed by atoms with Gasteiger partial charge in [-0.2, -0.15) is 4.98 Å². The van der Waals surface area contributed by atoms with Gasteiger partial charge in [-0.25, -0.2) is 4.98 Å². The number of halogens is 3. The van der Waals surface area contributed by atoms with Crippen molar-refractivity contribution in [3.05, 3.63) is 48.7 Å². The summed E-state index contributed by atoms with van der Waals surface area (Å²) in [4.78, 5) is 7.63. The summed E-state index contributed by atoms with van der Waals surface area (Å²) in [6.45, 7) is 0. The van der Waals surface area contributed by atoms with E-state index in [9.17, 15) is 13.2 Å². The first-order chi connectivity index (χ1) is 13.2. The second-order valence-corrected chi connectivity index (χ2v) is 5.51. The molecule has 28 heavy (non-hydrogen) atoms. The zero-order valence-electron chi connectivity index (χ0n) is 14.5. The summed E-state index contributed by atoms with van der Waals surface area (Å²) in [6.07, 6.45) is -3.42. The van der Waals surface area contributed by atoms with Gasteiger partial charge in [0.15, 0.2) is 11.6 Å². The number of nitrogens with zero attached hydrogens (tertiary/aromatic N) is 2. The molecule has 0 atom stereocenters. The predicted octanol–water partition coefficient (Wildman–Crippen LogP) is 4.01. The normalized spacial score (nSPS) is 11.1. The number of hydrogen-bond donors (Lipinski definition) is 2. The number of anilines is 2. The fourth-order valence-electron chi connectivity index (χ4n) is 2.42. The first kappa shape index (κ1) is 19.1. The molecule has 0 aliphatic heterocycles. The van der Waals surface area contributed by atoms with Crippen LogP contribution in [0, 0.1) is 0 Å². The van der Waals surface area contributed by atoms with Crippen molar-refractivity contribution in [3.63, 3.8) is 0 Å². The highest BCUT2D eigenvalue weighted by atomic mass is 19.4. The lowest BCUT2D eigenvalue weighted by Crippen LogP contribution is -2.16. The summed E-state index contributed by atoms with van der Waals surface area (Å²) in [7, 11) is 1.48.